The van der Waals surface area contributed by atoms with Crippen LogP contribution in [0.25, 0.3) is 0 Å². The van der Waals surface area contributed by atoms with Gasteiger partial charge in [0.15, 0.2) is 17.3 Å². The predicted molar refractivity (Wildman–Crippen MR) is 105 cm³/mol. The number of carbonyl (C=O) groups is 1. The van der Waals surface area contributed by atoms with Crippen LogP contribution in [0.15, 0.2) is 66.7 Å². The maximum Gasteiger partial charge on any atom is 0.269 e. The molecule has 0 radical (unpaired) electrons. The molecule has 0 aliphatic rings. The molecule has 0 fully saturated rings. The molecule has 0 atom stereocenters. The average molecular weight is 377 g/mol. The highest BCUT2D eigenvalue weighted by atomic mass is 16.6. The smallest absolute Gasteiger partial charge is 0.269 e. The van der Waals surface area contributed by atoms with Gasteiger partial charge in [0.25, 0.3) is 5.69 Å². The lowest BCUT2D eigenvalue weighted by Crippen LogP contribution is -2.07. The first-order valence-electron chi connectivity index (χ1n) is 8.61. The maximum absolute atomic E-state index is 13.1. The fourth-order valence-electron chi connectivity index (χ4n) is 2.98. The lowest BCUT2D eigenvalue weighted by atomic mass is 9.93. The minimum absolute atomic E-state index is 0.0247. The number of hydrogen-bond acceptors (Lipinski definition) is 5. The van der Waals surface area contributed by atoms with Crippen molar-refractivity contribution >= 4 is 11.5 Å². The van der Waals surface area contributed by atoms with E-state index in [1.807, 2.05) is 18.2 Å². The highest BCUT2D eigenvalue weighted by molar-refractivity contribution is 6.10. The summed E-state index contributed by atoms with van der Waals surface area (Å²) in [5.41, 5.74) is 2.69. The van der Waals surface area contributed by atoms with Gasteiger partial charge in [0.1, 0.15) is 0 Å². The Balaban J connectivity index is 2.04. The van der Waals surface area contributed by atoms with E-state index in [0.717, 1.165) is 11.1 Å². The van der Waals surface area contributed by atoms with E-state index in [1.54, 1.807) is 36.4 Å². The maximum atomic E-state index is 13.1. The second-order valence-corrected chi connectivity index (χ2v) is 6.16. The van der Waals surface area contributed by atoms with Crippen molar-refractivity contribution in [2.75, 3.05) is 14.2 Å². The summed E-state index contributed by atoms with van der Waals surface area (Å²) in [5.74, 6) is 0.858. The number of non-ortho nitro benzene ring substituents is 1. The number of carbonyl (C=O) groups excluding carboxylic acids is 1. The van der Waals surface area contributed by atoms with Gasteiger partial charge < -0.3 is 9.47 Å². The third-order valence-corrected chi connectivity index (χ3v) is 4.43. The molecule has 0 amide bonds. The molecule has 3 rings (SSSR count). The number of rotatable bonds is 7. The first kappa shape index (κ1) is 19.1. The van der Waals surface area contributed by atoms with Gasteiger partial charge in [-0.2, -0.15) is 0 Å². The Hall–Kier alpha value is -3.67. The van der Waals surface area contributed by atoms with Crippen LogP contribution < -0.4 is 9.47 Å². The van der Waals surface area contributed by atoms with Gasteiger partial charge in [-0.25, -0.2) is 0 Å². The molecule has 28 heavy (non-hydrogen) atoms. The molecular formula is C22H19NO5. The number of nitro benzene ring substituents is 1. The molecule has 0 saturated carbocycles. The number of ether oxygens (including phenoxy) is 2. The normalized spacial score (nSPS) is 10.4. The Morgan fingerprint density at radius 3 is 2.11 bits per heavy atom. The number of nitro groups is 1. The molecule has 0 unspecified atom stereocenters. The van der Waals surface area contributed by atoms with Gasteiger partial charge in [-0.1, -0.05) is 42.5 Å². The van der Waals surface area contributed by atoms with E-state index in [9.17, 15) is 14.9 Å². The second kappa shape index (κ2) is 8.35. The minimum Gasteiger partial charge on any atom is -0.493 e. The van der Waals surface area contributed by atoms with Crippen molar-refractivity contribution in [3.05, 3.63) is 99.1 Å². The van der Waals surface area contributed by atoms with Crippen LogP contribution in [0.1, 0.15) is 27.0 Å². The fourth-order valence-corrected chi connectivity index (χ4v) is 2.98. The van der Waals surface area contributed by atoms with Crippen LogP contribution in [0.3, 0.4) is 0 Å². The number of benzene rings is 3. The van der Waals surface area contributed by atoms with Gasteiger partial charge in [-0.15, -0.1) is 0 Å². The lowest BCUT2D eigenvalue weighted by Gasteiger charge is -2.15. The van der Waals surface area contributed by atoms with Crippen molar-refractivity contribution < 1.29 is 19.2 Å². The molecule has 0 aromatic heterocycles. The molecule has 6 heteroatoms. The van der Waals surface area contributed by atoms with Crippen LogP contribution in [0.5, 0.6) is 11.5 Å². The van der Waals surface area contributed by atoms with E-state index in [4.69, 9.17) is 9.47 Å². The third kappa shape index (κ3) is 4.01. The summed E-state index contributed by atoms with van der Waals surface area (Å²) < 4.78 is 10.7. The summed E-state index contributed by atoms with van der Waals surface area (Å²) >= 11 is 0. The Bertz CT molecular complexity index is 997. The Labute approximate surface area is 162 Å². The van der Waals surface area contributed by atoms with Crippen molar-refractivity contribution in [3.8, 4) is 11.5 Å². The zero-order valence-electron chi connectivity index (χ0n) is 15.5. The third-order valence-electron chi connectivity index (χ3n) is 4.43. The molecule has 6 nitrogen and oxygen atoms in total. The van der Waals surface area contributed by atoms with Crippen LogP contribution in [0.4, 0.5) is 5.69 Å². The van der Waals surface area contributed by atoms with Crippen molar-refractivity contribution in [1.29, 1.82) is 0 Å². The number of methoxy groups -OCH3 is 2. The van der Waals surface area contributed by atoms with Crippen molar-refractivity contribution in [2.45, 2.75) is 6.42 Å². The van der Waals surface area contributed by atoms with E-state index in [0.29, 0.717) is 29.0 Å². The van der Waals surface area contributed by atoms with Crippen LogP contribution in [-0.2, 0) is 6.42 Å². The van der Waals surface area contributed by atoms with E-state index >= 15 is 0 Å². The van der Waals surface area contributed by atoms with Crippen molar-refractivity contribution in [1.82, 2.24) is 0 Å². The molecule has 3 aromatic rings. The molecule has 0 saturated heterocycles. The van der Waals surface area contributed by atoms with Crippen LogP contribution in [0, 0.1) is 10.1 Å². The topological polar surface area (TPSA) is 78.7 Å². The van der Waals surface area contributed by atoms with Gasteiger partial charge in [-0.3, -0.25) is 14.9 Å². The van der Waals surface area contributed by atoms with Gasteiger partial charge >= 0.3 is 0 Å². The number of nitrogens with zero attached hydrogens (tertiary/aromatic N) is 1. The largest absolute Gasteiger partial charge is 0.493 e. The first-order chi connectivity index (χ1) is 13.5. The van der Waals surface area contributed by atoms with Gasteiger partial charge in [0.05, 0.1) is 19.1 Å². The van der Waals surface area contributed by atoms with Crippen LogP contribution >= 0.6 is 0 Å². The summed E-state index contributed by atoms with van der Waals surface area (Å²) in [6, 6.07) is 18.7. The molecular weight excluding hydrogens is 358 g/mol. The van der Waals surface area contributed by atoms with Crippen molar-refractivity contribution in [3.63, 3.8) is 0 Å². The van der Waals surface area contributed by atoms with E-state index in [1.165, 1.54) is 26.4 Å². The summed E-state index contributed by atoms with van der Waals surface area (Å²) in [5, 5.41) is 10.9. The minimum atomic E-state index is -0.440. The molecule has 3 aromatic carbocycles. The lowest BCUT2D eigenvalue weighted by molar-refractivity contribution is -0.384. The SMILES string of the molecule is COc1cc(Cc2ccc([N+](=O)[O-])cc2)c(C(=O)c2ccccc2)cc1OC. The highest BCUT2D eigenvalue weighted by Gasteiger charge is 2.19. The van der Waals surface area contributed by atoms with E-state index in [-0.39, 0.29) is 11.5 Å². The molecule has 0 heterocycles. The summed E-state index contributed by atoms with van der Waals surface area (Å²) in [6.07, 6.45) is 0.423. The van der Waals surface area contributed by atoms with Crippen LogP contribution in [-0.4, -0.2) is 24.9 Å². The van der Waals surface area contributed by atoms with Gasteiger partial charge in [-0.05, 0) is 29.7 Å². The molecule has 0 aliphatic heterocycles. The van der Waals surface area contributed by atoms with Crippen molar-refractivity contribution in [2.24, 2.45) is 0 Å². The zero-order valence-corrected chi connectivity index (χ0v) is 15.5. The summed E-state index contributed by atoms with van der Waals surface area (Å²) in [6.45, 7) is 0. The molecule has 142 valence electrons. The van der Waals surface area contributed by atoms with E-state index in [2.05, 4.69) is 0 Å². The highest BCUT2D eigenvalue weighted by Crippen LogP contribution is 2.33. The van der Waals surface area contributed by atoms with Crippen LogP contribution in [0.2, 0.25) is 0 Å². The molecule has 0 spiro atoms. The average Bonchev–Trinajstić information content (AvgIpc) is 2.74. The van der Waals surface area contributed by atoms with Gasteiger partial charge in [0.2, 0.25) is 0 Å². The Kier molecular flexibility index (Phi) is 5.69. The predicted octanol–water partition coefficient (Wildman–Crippen LogP) is 4.43. The molecule has 0 aliphatic carbocycles. The Morgan fingerprint density at radius 2 is 1.54 bits per heavy atom. The summed E-state index contributed by atoms with van der Waals surface area (Å²) in [4.78, 5) is 23.5. The monoisotopic (exact) mass is 377 g/mol. The van der Waals surface area contributed by atoms with Gasteiger partial charge in [0, 0.05) is 23.3 Å². The fraction of sp³-hybridized carbons (Fsp3) is 0.136. The Morgan fingerprint density at radius 1 is 0.929 bits per heavy atom. The summed E-state index contributed by atoms with van der Waals surface area (Å²) in [7, 11) is 3.05. The number of hydrogen-bond donors (Lipinski definition) is 0. The van der Waals surface area contributed by atoms with E-state index < -0.39 is 4.92 Å². The molecule has 0 N–H and O–H groups in total. The second-order valence-electron chi connectivity index (χ2n) is 6.16. The first-order valence-corrected chi connectivity index (χ1v) is 8.61. The standard InChI is InChI=1S/C22H19NO5/c1-27-20-13-17(12-15-8-10-18(11-9-15)23(25)26)19(14-21(20)28-2)22(24)16-6-4-3-5-7-16/h3-11,13-14H,12H2,1-2H3. The number of ketones is 1. The molecule has 0 bridgehead atoms. The zero-order chi connectivity index (χ0) is 20.1. The quantitative estimate of drug-likeness (QED) is 0.346.